The predicted molar refractivity (Wildman–Crippen MR) is 104 cm³/mol. The van der Waals surface area contributed by atoms with Gasteiger partial charge in [-0.05, 0) is 43.4 Å². The number of nitriles is 1. The first-order chi connectivity index (χ1) is 14.3. The lowest BCUT2D eigenvalue weighted by Crippen LogP contribution is -2.53. The SMILES string of the molecule is N#Cc1ccc(N2C[C@@H]3CCN(C(=O)C4CC=CC4)C[C@]3(CO)C2)cc1C(F)(F)F. The molecule has 1 N–H and O–H groups in total. The molecular formula is C22H24F3N3O2. The highest BCUT2D eigenvalue weighted by Crippen LogP contribution is 2.45. The van der Waals surface area contributed by atoms with Crippen LogP contribution < -0.4 is 4.90 Å². The molecule has 0 radical (unpaired) electrons. The van der Waals surface area contributed by atoms with Crippen molar-refractivity contribution in [2.75, 3.05) is 37.7 Å². The first-order valence-electron chi connectivity index (χ1n) is 10.2. The Morgan fingerprint density at radius 2 is 2.00 bits per heavy atom. The number of likely N-dealkylation sites (tertiary alicyclic amines) is 1. The molecule has 1 amide bonds. The number of hydrogen-bond acceptors (Lipinski definition) is 4. The molecule has 2 atom stereocenters. The number of nitrogens with zero attached hydrogens (tertiary/aromatic N) is 3. The summed E-state index contributed by atoms with van der Waals surface area (Å²) in [5.74, 6) is 0.156. The van der Waals surface area contributed by atoms with Crippen molar-refractivity contribution in [3.05, 3.63) is 41.5 Å². The van der Waals surface area contributed by atoms with Crippen LogP contribution in [0.1, 0.15) is 30.4 Å². The lowest BCUT2D eigenvalue weighted by Gasteiger charge is -2.43. The third-order valence-electron chi connectivity index (χ3n) is 6.84. The molecule has 5 nitrogen and oxygen atoms in total. The Balaban J connectivity index is 1.56. The zero-order chi connectivity index (χ0) is 21.5. The van der Waals surface area contributed by atoms with Crippen LogP contribution >= 0.6 is 0 Å². The van der Waals surface area contributed by atoms with Gasteiger partial charge < -0.3 is 14.9 Å². The van der Waals surface area contributed by atoms with Gasteiger partial charge in [-0.3, -0.25) is 4.79 Å². The molecule has 8 heteroatoms. The Bertz CT molecular complexity index is 900. The van der Waals surface area contributed by atoms with E-state index < -0.39 is 22.7 Å². The number of hydrogen-bond donors (Lipinski definition) is 1. The lowest BCUT2D eigenvalue weighted by molar-refractivity contribution is -0.140. The van der Waals surface area contributed by atoms with E-state index in [1.54, 1.807) is 6.07 Å². The van der Waals surface area contributed by atoms with Gasteiger partial charge in [-0.15, -0.1) is 0 Å². The number of halogens is 3. The molecule has 0 spiro atoms. The van der Waals surface area contributed by atoms with E-state index in [4.69, 9.17) is 5.26 Å². The Morgan fingerprint density at radius 3 is 2.63 bits per heavy atom. The van der Waals surface area contributed by atoms with Gasteiger partial charge in [-0.1, -0.05) is 12.2 Å². The average molecular weight is 419 g/mol. The van der Waals surface area contributed by atoms with Gasteiger partial charge in [0.25, 0.3) is 0 Å². The zero-order valence-electron chi connectivity index (χ0n) is 16.5. The Hall–Kier alpha value is -2.53. The summed E-state index contributed by atoms with van der Waals surface area (Å²) in [6, 6.07) is 5.36. The quantitative estimate of drug-likeness (QED) is 0.765. The van der Waals surface area contributed by atoms with Gasteiger partial charge >= 0.3 is 6.18 Å². The molecule has 0 saturated carbocycles. The predicted octanol–water partition coefficient (Wildman–Crippen LogP) is 3.19. The van der Waals surface area contributed by atoms with Crippen LogP contribution in [0.4, 0.5) is 18.9 Å². The van der Waals surface area contributed by atoms with Crippen molar-refractivity contribution in [1.82, 2.24) is 4.90 Å². The van der Waals surface area contributed by atoms with Crippen molar-refractivity contribution >= 4 is 11.6 Å². The van der Waals surface area contributed by atoms with E-state index in [1.165, 1.54) is 12.1 Å². The fourth-order valence-corrected chi connectivity index (χ4v) is 5.13. The molecule has 2 saturated heterocycles. The zero-order valence-corrected chi connectivity index (χ0v) is 16.5. The number of benzene rings is 1. The van der Waals surface area contributed by atoms with Crippen molar-refractivity contribution < 1.29 is 23.1 Å². The third kappa shape index (κ3) is 3.56. The molecule has 0 aromatic heterocycles. The molecule has 4 rings (SSSR count). The number of fused-ring (bicyclic) bond motifs is 1. The Labute approximate surface area is 173 Å². The number of aliphatic hydroxyl groups is 1. The van der Waals surface area contributed by atoms with E-state index in [-0.39, 0.29) is 24.3 Å². The fraction of sp³-hybridized carbons (Fsp3) is 0.545. The number of allylic oxidation sites excluding steroid dienone is 2. The molecule has 0 unspecified atom stereocenters. The van der Waals surface area contributed by atoms with E-state index in [0.29, 0.717) is 38.3 Å². The van der Waals surface area contributed by atoms with Gasteiger partial charge in [-0.25, -0.2) is 0 Å². The van der Waals surface area contributed by atoms with E-state index in [0.717, 1.165) is 18.9 Å². The van der Waals surface area contributed by atoms with Crippen LogP contribution in [0.2, 0.25) is 0 Å². The van der Waals surface area contributed by atoms with Gasteiger partial charge in [0, 0.05) is 43.2 Å². The van der Waals surface area contributed by atoms with E-state index in [9.17, 15) is 23.1 Å². The smallest absolute Gasteiger partial charge is 0.396 e. The minimum Gasteiger partial charge on any atom is -0.396 e. The van der Waals surface area contributed by atoms with Crippen molar-refractivity contribution in [2.45, 2.75) is 25.4 Å². The molecular weight excluding hydrogens is 395 g/mol. The summed E-state index contributed by atoms with van der Waals surface area (Å²) in [6.07, 6.45) is 1.60. The number of piperidine rings is 1. The second-order valence-corrected chi connectivity index (χ2v) is 8.63. The van der Waals surface area contributed by atoms with Crippen LogP contribution in [0.15, 0.2) is 30.4 Å². The molecule has 2 aliphatic heterocycles. The largest absolute Gasteiger partial charge is 0.417 e. The molecule has 1 aromatic rings. The average Bonchev–Trinajstić information content (AvgIpc) is 3.40. The monoisotopic (exact) mass is 419 g/mol. The van der Waals surface area contributed by atoms with Gasteiger partial charge in [0.1, 0.15) is 0 Å². The lowest BCUT2D eigenvalue weighted by atomic mass is 9.73. The van der Waals surface area contributed by atoms with Crippen LogP contribution in [-0.2, 0) is 11.0 Å². The normalized spacial score (nSPS) is 26.7. The summed E-state index contributed by atoms with van der Waals surface area (Å²) < 4.78 is 40.1. The number of amides is 1. The third-order valence-corrected chi connectivity index (χ3v) is 6.84. The number of carbonyl (C=O) groups is 1. The maximum atomic E-state index is 13.4. The van der Waals surface area contributed by atoms with Gasteiger partial charge in [0.15, 0.2) is 0 Å². The molecule has 160 valence electrons. The minimum atomic E-state index is -4.61. The first-order valence-corrected chi connectivity index (χ1v) is 10.2. The van der Waals surface area contributed by atoms with Crippen LogP contribution in [-0.4, -0.2) is 48.7 Å². The number of anilines is 1. The van der Waals surface area contributed by atoms with Crippen LogP contribution in [0, 0.1) is 28.6 Å². The number of carbonyl (C=O) groups excluding carboxylic acids is 1. The summed E-state index contributed by atoms with van der Waals surface area (Å²) >= 11 is 0. The van der Waals surface area contributed by atoms with Crippen LogP contribution in [0.5, 0.6) is 0 Å². The summed E-state index contributed by atoms with van der Waals surface area (Å²) in [6.45, 7) is 1.81. The fourth-order valence-electron chi connectivity index (χ4n) is 5.13. The minimum absolute atomic E-state index is 0.0392. The molecule has 2 heterocycles. The number of aliphatic hydroxyl groups excluding tert-OH is 1. The van der Waals surface area contributed by atoms with Crippen LogP contribution in [0.25, 0.3) is 0 Å². The molecule has 2 fully saturated rings. The van der Waals surface area contributed by atoms with Gasteiger partial charge in [0.05, 0.1) is 23.8 Å². The molecule has 3 aliphatic rings. The van der Waals surface area contributed by atoms with E-state index in [2.05, 4.69) is 0 Å². The second-order valence-electron chi connectivity index (χ2n) is 8.63. The molecule has 1 aliphatic carbocycles. The second kappa shape index (κ2) is 7.62. The van der Waals surface area contributed by atoms with Gasteiger partial charge in [-0.2, -0.15) is 18.4 Å². The van der Waals surface area contributed by atoms with Crippen molar-refractivity contribution in [2.24, 2.45) is 17.3 Å². The summed E-state index contributed by atoms with van der Waals surface area (Å²) in [5, 5.41) is 19.3. The molecule has 0 bridgehead atoms. The molecule has 30 heavy (non-hydrogen) atoms. The van der Waals surface area contributed by atoms with Crippen molar-refractivity contribution in [3.63, 3.8) is 0 Å². The standard InChI is InChI=1S/C22H24F3N3O2/c23-22(24,25)19-9-18(6-5-16(19)10-26)28-11-17-7-8-27(12-21(17,13-28)14-29)20(30)15-3-1-2-4-15/h1-2,5-6,9,15,17,29H,3-4,7-8,11-14H2/t17-,21+/m0/s1. The number of alkyl halides is 3. The van der Waals surface area contributed by atoms with Gasteiger partial charge in [0.2, 0.25) is 5.91 Å². The van der Waals surface area contributed by atoms with Crippen molar-refractivity contribution in [1.29, 1.82) is 5.26 Å². The Kier molecular flexibility index (Phi) is 5.27. The van der Waals surface area contributed by atoms with E-state index in [1.807, 2.05) is 22.0 Å². The highest BCUT2D eigenvalue weighted by Gasteiger charge is 2.51. The highest BCUT2D eigenvalue weighted by atomic mass is 19.4. The Morgan fingerprint density at radius 1 is 1.27 bits per heavy atom. The summed E-state index contributed by atoms with van der Waals surface area (Å²) in [7, 11) is 0. The topological polar surface area (TPSA) is 67.6 Å². The maximum Gasteiger partial charge on any atom is 0.417 e. The molecule has 1 aromatic carbocycles. The first kappa shape index (κ1) is 20.7. The maximum absolute atomic E-state index is 13.4. The van der Waals surface area contributed by atoms with Crippen LogP contribution in [0.3, 0.4) is 0 Å². The van der Waals surface area contributed by atoms with Crippen molar-refractivity contribution in [3.8, 4) is 6.07 Å². The number of rotatable bonds is 3. The summed E-state index contributed by atoms with van der Waals surface area (Å²) in [4.78, 5) is 16.5. The van der Waals surface area contributed by atoms with E-state index >= 15 is 0 Å². The summed E-state index contributed by atoms with van der Waals surface area (Å²) in [5.41, 5.74) is -1.50. The highest BCUT2D eigenvalue weighted by molar-refractivity contribution is 5.80.